The third-order valence-electron chi connectivity index (χ3n) is 5.08. The molecule has 1 aliphatic carbocycles. The number of nitrogens with one attached hydrogen (secondary N) is 2. The van der Waals surface area contributed by atoms with Crippen molar-refractivity contribution in [2.75, 3.05) is 24.9 Å². The molecule has 0 bridgehead atoms. The highest BCUT2D eigenvalue weighted by Crippen LogP contribution is 2.29. The summed E-state index contributed by atoms with van der Waals surface area (Å²) in [4.78, 5) is 25.1. The van der Waals surface area contributed by atoms with Gasteiger partial charge in [0, 0.05) is 25.1 Å². The summed E-state index contributed by atoms with van der Waals surface area (Å²) in [5.41, 5.74) is 0.505. The Morgan fingerprint density at radius 2 is 2.16 bits per heavy atom. The van der Waals surface area contributed by atoms with Gasteiger partial charge in [-0.2, -0.15) is 5.10 Å². The lowest BCUT2D eigenvalue weighted by Gasteiger charge is -2.21. The van der Waals surface area contributed by atoms with Crippen LogP contribution in [-0.2, 0) is 4.74 Å². The second kappa shape index (κ2) is 8.86. The van der Waals surface area contributed by atoms with Gasteiger partial charge in [-0.25, -0.2) is 9.48 Å². The van der Waals surface area contributed by atoms with E-state index >= 15 is 0 Å². The Labute approximate surface area is 181 Å². The molecule has 164 valence electrons. The summed E-state index contributed by atoms with van der Waals surface area (Å²) in [6, 6.07) is 3.28. The van der Waals surface area contributed by atoms with Crippen LogP contribution in [0.25, 0.3) is 5.13 Å². The van der Waals surface area contributed by atoms with Crippen molar-refractivity contribution in [3.8, 4) is 10.9 Å². The Bertz CT molecular complexity index is 1140. The highest BCUT2D eigenvalue weighted by Gasteiger charge is 2.29. The second-order valence-corrected chi connectivity index (χ2v) is 7.99. The molecule has 1 amide bonds. The van der Waals surface area contributed by atoms with Gasteiger partial charge in [-0.3, -0.25) is 10.1 Å². The van der Waals surface area contributed by atoms with Crippen LogP contribution in [0.5, 0.6) is 5.75 Å². The molecule has 0 aromatic carbocycles. The first-order valence-corrected chi connectivity index (χ1v) is 10.5. The third kappa shape index (κ3) is 4.30. The topological polar surface area (TPSA) is 133 Å². The van der Waals surface area contributed by atoms with Crippen LogP contribution >= 0.6 is 11.3 Å². The fourth-order valence-corrected chi connectivity index (χ4v) is 4.31. The van der Waals surface area contributed by atoms with Crippen LogP contribution < -0.4 is 21.0 Å². The summed E-state index contributed by atoms with van der Waals surface area (Å²) >= 11 is 1.14. The van der Waals surface area contributed by atoms with E-state index in [-0.39, 0.29) is 28.8 Å². The Morgan fingerprint density at radius 3 is 2.87 bits per heavy atom. The number of hydrogen-bond donors (Lipinski definition) is 2. The molecule has 0 unspecified atom stereocenters. The van der Waals surface area contributed by atoms with Crippen molar-refractivity contribution in [2.45, 2.75) is 38.3 Å². The summed E-state index contributed by atoms with van der Waals surface area (Å²) in [5, 5.41) is 18.8. The lowest BCUT2D eigenvalue weighted by atomic mass is 10.2. The number of aromatic nitrogens is 4. The molecular formula is C19H22N6O5S. The van der Waals surface area contributed by atoms with E-state index in [2.05, 4.69) is 25.9 Å². The smallest absolute Gasteiger partial charge is 0.381 e. The van der Waals surface area contributed by atoms with Crippen LogP contribution in [0.15, 0.2) is 27.5 Å². The Morgan fingerprint density at radius 1 is 1.32 bits per heavy atom. The lowest BCUT2D eigenvalue weighted by molar-refractivity contribution is 0.0990. The van der Waals surface area contributed by atoms with Crippen molar-refractivity contribution in [1.29, 1.82) is 0 Å². The average molecular weight is 446 g/mol. The zero-order chi connectivity index (χ0) is 22.0. The normalized spacial score (nSPS) is 18.2. The van der Waals surface area contributed by atoms with Gasteiger partial charge in [0.25, 0.3) is 5.91 Å². The molecule has 1 saturated carbocycles. The maximum Gasteiger partial charge on any atom is 0.381 e. The van der Waals surface area contributed by atoms with Crippen LogP contribution in [0.1, 0.15) is 35.5 Å². The molecule has 1 aliphatic rings. The van der Waals surface area contributed by atoms with Crippen LogP contribution in [-0.4, -0.2) is 52.3 Å². The molecule has 2 atom stereocenters. The molecule has 3 aromatic heterocycles. The van der Waals surface area contributed by atoms with Crippen molar-refractivity contribution >= 4 is 28.1 Å². The summed E-state index contributed by atoms with van der Waals surface area (Å²) in [5.74, 6) is -0.796. The highest BCUT2D eigenvalue weighted by atomic mass is 32.1. The Kier molecular flexibility index (Phi) is 6.00. The van der Waals surface area contributed by atoms with E-state index in [0.29, 0.717) is 10.8 Å². The van der Waals surface area contributed by atoms with E-state index in [0.717, 1.165) is 36.3 Å². The number of hydrogen-bond acceptors (Lipinski definition) is 10. The average Bonchev–Trinajstić information content (AvgIpc) is 3.49. The molecule has 0 aliphatic heterocycles. The predicted octanol–water partition coefficient (Wildman–Crippen LogP) is 2.23. The van der Waals surface area contributed by atoms with Crippen molar-refractivity contribution in [3.05, 3.63) is 40.2 Å². The molecular weight excluding hydrogens is 424 g/mol. The fraction of sp³-hybridized carbons (Fsp3) is 0.421. The van der Waals surface area contributed by atoms with E-state index in [9.17, 15) is 9.59 Å². The number of methoxy groups -OCH3 is 2. The van der Waals surface area contributed by atoms with E-state index in [1.54, 1.807) is 18.0 Å². The predicted molar refractivity (Wildman–Crippen MR) is 113 cm³/mol. The van der Waals surface area contributed by atoms with Crippen LogP contribution in [0.3, 0.4) is 0 Å². The van der Waals surface area contributed by atoms with Crippen molar-refractivity contribution in [3.63, 3.8) is 0 Å². The van der Waals surface area contributed by atoms with Gasteiger partial charge in [0.2, 0.25) is 16.0 Å². The molecule has 31 heavy (non-hydrogen) atoms. The Balaban J connectivity index is 1.55. The number of rotatable bonds is 7. The van der Waals surface area contributed by atoms with Gasteiger partial charge < -0.3 is 19.2 Å². The van der Waals surface area contributed by atoms with Crippen molar-refractivity contribution < 1.29 is 18.7 Å². The summed E-state index contributed by atoms with van der Waals surface area (Å²) < 4.78 is 17.5. The van der Waals surface area contributed by atoms with Crippen LogP contribution in [0.4, 0.5) is 10.8 Å². The number of aryl methyl sites for hydroxylation is 1. The third-order valence-corrected chi connectivity index (χ3v) is 5.89. The van der Waals surface area contributed by atoms with E-state index in [1.807, 2.05) is 13.0 Å². The summed E-state index contributed by atoms with van der Waals surface area (Å²) in [6.45, 7) is 1.88. The molecule has 1 fully saturated rings. The maximum atomic E-state index is 12.7. The van der Waals surface area contributed by atoms with E-state index in [1.165, 1.54) is 13.2 Å². The highest BCUT2D eigenvalue weighted by molar-refractivity contribution is 7.17. The van der Waals surface area contributed by atoms with Crippen LogP contribution in [0.2, 0.25) is 0 Å². The molecule has 12 heteroatoms. The van der Waals surface area contributed by atoms with E-state index < -0.39 is 11.5 Å². The van der Waals surface area contributed by atoms with Crippen molar-refractivity contribution in [2.24, 2.45) is 0 Å². The SMILES string of the molecule is COc1c(N[C@@H]2CCC[C@@H]2OC)cc(C(=O)Nc2nnc(-n3nccc3C)s2)oc1=O. The van der Waals surface area contributed by atoms with Gasteiger partial charge in [0.1, 0.15) is 0 Å². The lowest BCUT2D eigenvalue weighted by Crippen LogP contribution is -2.30. The first-order valence-electron chi connectivity index (χ1n) is 9.67. The molecule has 3 heterocycles. The number of nitrogens with zero attached hydrogens (tertiary/aromatic N) is 4. The number of carbonyl (C=O) groups is 1. The van der Waals surface area contributed by atoms with E-state index in [4.69, 9.17) is 13.9 Å². The minimum Gasteiger partial charge on any atom is -0.488 e. The zero-order valence-electron chi connectivity index (χ0n) is 17.2. The number of anilines is 2. The molecule has 0 spiro atoms. The quantitative estimate of drug-likeness (QED) is 0.560. The summed E-state index contributed by atoms with van der Waals surface area (Å²) in [7, 11) is 3.03. The van der Waals surface area contributed by atoms with Gasteiger partial charge in [0.05, 0.1) is 24.9 Å². The molecule has 4 rings (SSSR count). The summed E-state index contributed by atoms with van der Waals surface area (Å²) in [6.07, 6.45) is 4.46. The largest absolute Gasteiger partial charge is 0.488 e. The molecule has 2 N–H and O–H groups in total. The Hall–Kier alpha value is -3.25. The first-order chi connectivity index (χ1) is 15.0. The van der Waals surface area contributed by atoms with Crippen LogP contribution in [0, 0.1) is 6.92 Å². The molecule has 0 radical (unpaired) electrons. The standard InChI is InChI=1S/C19H22N6O5S/c1-10-7-8-20-25(10)19-24-23-18(31-19)22-16(26)14-9-12(15(29-3)17(27)30-14)21-11-5-4-6-13(11)28-2/h7-9,11,13,21H,4-6H2,1-3H3,(H,22,23,26)/t11-,13+/m1/s1. The molecule has 3 aromatic rings. The maximum absolute atomic E-state index is 12.7. The van der Waals surface area contributed by atoms with Crippen molar-refractivity contribution in [1.82, 2.24) is 20.0 Å². The molecule has 0 saturated heterocycles. The minimum atomic E-state index is -0.755. The fourth-order valence-electron chi connectivity index (χ4n) is 3.55. The van der Waals surface area contributed by atoms with Gasteiger partial charge in [-0.05, 0) is 32.3 Å². The number of carbonyl (C=O) groups excluding carboxylic acids is 1. The monoisotopic (exact) mass is 446 g/mol. The molecule has 11 nitrogen and oxygen atoms in total. The first kappa shape index (κ1) is 21.0. The van der Waals surface area contributed by atoms with Gasteiger partial charge in [0.15, 0.2) is 5.76 Å². The number of amides is 1. The van der Waals surface area contributed by atoms with Gasteiger partial charge in [-0.15, -0.1) is 10.2 Å². The number of ether oxygens (including phenoxy) is 2. The van der Waals surface area contributed by atoms with Gasteiger partial charge >= 0.3 is 5.63 Å². The van der Waals surface area contributed by atoms with Gasteiger partial charge in [-0.1, -0.05) is 11.3 Å². The zero-order valence-corrected chi connectivity index (χ0v) is 18.1. The second-order valence-electron chi connectivity index (χ2n) is 7.03. The minimum absolute atomic E-state index is 0.000331.